The van der Waals surface area contributed by atoms with Crippen LogP contribution in [-0.2, 0) is 4.74 Å². The number of nitrogens with zero attached hydrogens (tertiary/aromatic N) is 1. The lowest BCUT2D eigenvalue weighted by atomic mass is 9.91. The Morgan fingerprint density at radius 3 is 2.33 bits per heavy atom. The number of nitrogens with one attached hydrogen (secondary N) is 3. The first-order chi connectivity index (χ1) is 13.2. The molecular weight excluding hydrogens is 364 g/mol. The maximum atomic E-state index is 9.89. The molecule has 142 valence electrons. The first-order valence-electron chi connectivity index (χ1n) is 8.36. The second-order valence-electron chi connectivity index (χ2n) is 5.81. The monoisotopic (exact) mass is 386 g/mol. The molecule has 1 aliphatic heterocycles. The van der Waals surface area contributed by atoms with E-state index in [9.17, 15) is 5.26 Å². The molecule has 3 N–H and O–H groups in total. The van der Waals surface area contributed by atoms with Crippen LogP contribution in [0.1, 0.15) is 17.0 Å². The van der Waals surface area contributed by atoms with Gasteiger partial charge in [-0.1, -0.05) is 23.9 Å². The van der Waals surface area contributed by atoms with Crippen molar-refractivity contribution in [1.82, 2.24) is 10.9 Å². The quantitative estimate of drug-likeness (QED) is 0.670. The summed E-state index contributed by atoms with van der Waals surface area (Å²) in [7, 11) is 4.87. The molecule has 0 aromatic heterocycles. The molecule has 1 saturated heterocycles. The minimum absolute atomic E-state index is 0.0997. The number of rotatable bonds is 7. The van der Waals surface area contributed by atoms with E-state index in [1.807, 2.05) is 42.5 Å². The van der Waals surface area contributed by atoms with Crippen molar-refractivity contribution in [2.24, 2.45) is 0 Å². The van der Waals surface area contributed by atoms with Crippen LogP contribution in [0.4, 0.5) is 5.69 Å². The number of hydrogen-bond donors (Lipinski definition) is 3. The van der Waals surface area contributed by atoms with E-state index in [1.165, 1.54) is 0 Å². The highest BCUT2D eigenvalue weighted by atomic mass is 32.2. The van der Waals surface area contributed by atoms with Gasteiger partial charge >= 0.3 is 0 Å². The van der Waals surface area contributed by atoms with Gasteiger partial charge in [-0.05, 0) is 35.9 Å². The van der Waals surface area contributed by atoms with Gasteiger partial charge in [-0.25, -0.2) is 10.9 Å². The fourth-order valence-corrected chi connectivity index (χ4v) is 3.64. The Hall–Kier alpha value is -2.44. The summed E-state index contributed by atoms with van der Waals surface area (Å²) < 4.78 is 15.9. The summed E-state index contributed by atoms with van der Waals surface area (Å²) in [4.78, 5) is 0. The zero-order valence-corrected chi connectivity index (χ0v) is 16.2. The lowest BCUT2D eigenvalue weighted by molar-refractivity contribution is 0.142. The molecule has 2 aromatic rings. The Morgan fingerprint density at radius 1 is 1.04 bits per heavy atom. The topological polar surface area (TPSA) is 87.6 Å². The number of hydrogen-bond acceptors (Lipinski definition) is 8. The molecule has 0 spiro atoms. The third-order valence-corrected chi connectivity index (χ3v) is 5.31. The number of hydrazine groups is 1. The van der Waals surface area contributed by atoms with Crippen molar-refractivity contribution in [3.63, 3.8) is 0 Å². The molecule has 0 radical (unpaired) electrons. The summed E-state index contributed by atoms with van der Waals surface area (Å²) in [5.41, 5.74) is 8.48. The number of benzene rings is 2. The number of anilines is 1. The van der Waals surface area contributed by atoms with Gasteiger partial charge < -0.3 is 19.5 Å². The Morgan fingerprint density at radius 2 is 1.74 bits per heavy atom. The molecule has 1 fully saturated rings. The van der Waals surface area contributed by atoms with Gasteiger partial charge in [0.2, 0.25) is 0 Å². The van der Waals surface area contributed by atoms with Crippen LogP contribution in [0.3, 0.4) is 0 Å². The summed E-state index contributed by atoms with van der Waals surface area (Å²) in [6.45, 7) is 0. The van der Waals surface area contributed by atoms with Gasteiger partial charge in [-0.3, -0.25) is 0 Å². The molecule has 0 bridgehead atoms. The standard InChI is InChI=1S/C19H22N4O3S/c1-24-13-6-4-12(5-7-13)16(11-20)15-10-14(25-2)8-9-17(15)21-18-22-23-19(26-3)27-18/h4-10,16,18-19,21-23H,1-3H3. The van der Waals surface area contributed by atoms with E-state index >= 15 is 0 Å². The minimum atomic E-state index is -0.453. The number of thioether (sulfide) groups is 1. The van der Waals surface area contributed by atoms with E-state index in [2.05, 4.69) is 22.2 Å². The number of methoxy groups -OCH3 is 3. The van der Waals surface area contributed by atoms with Crippen molar-refractivity contribution in [2.75, 3.05) is 26.6 Å². The van der Waals surface area contributed by atoms with E-state index in [4.69, 9.17) is 14.2 Å². The average molecular weight is 386 g/mol. The minimum Gasteiger partial charge on any atom is -0.497 e. The fraction of sp³-hybridized carbons (Fsp3) is 0.316. The lowest BCUT2D eigenvalue weighted by Gasteiger charge is -2.20. The molecule has 0 saturated carbocycles. The highest BCUT2D eigenvalue weighted by Crippen LogP contribution is 2.35. The molecule has 2 aromatic carbocycles. The fourth-order valence-electron chi connectivity index (χ4n) is 2.82. The smallest absolute Gasteiger partial charge is 0.171 e. The Balaban J connectivity index is 1.92. The van der Waals surface area contributed by atoms with E-state index < -0.39 is 5.92 Å². The highest BCUT2D eigenvalue weighted by molar-refractivity contribution is 8.00. The van der Waals surface area contributed by atoms with Crippen LogP contribution >= 0.6 is 11.8 Å². The van der Waals surface area contributed by atoms with Crippen molar-refractivity contribution in [3.8, 4) is 17.6 Å². The van der Waals surface area contributed by atoms with Gasteiger partial charge in [0.15, 0.2) is 5.56 Å². The molecule has 3 rings (SSSR count). The van der Waals surface area contributed by atoms with Crippen molar-refractivity contribution >= 4 is 17.4 Å². The van der Waals surface area contributed by atoms with Gasteiger partial charge in [0.25, 0.3) is 0 Å². The van der Waals surface area contributed by atoms with Crippen molar-refractivity contribution in [3.05, 3.63) is 53.6 Å². The largest absolute Gasteiger partial charge is 0.497 e. The summed E-state index contributed by atoms with van der Waals surface area (Å²) in [5, 5.41) is 13.3. The normalized spacial score (nSPS) is 19.9. The van der Waals surface area contributed by atoms with Gasteiger partial charge in [-0.2, -0.15) is 5.26 Å². The number of nitriles is 1. The molecule has 27 heavy (non-hydrogen) atoms. The van der Waals surface area contributed by atoms with Crippen LogP contribution in [0.15, 0.2) is 42.5 Å². The third kappa shape index (κ3) is 4.46. The summed E-state index contributed by atoms with van der Waals surface area (Å²) in [6.07, 6.45) is 0. The maximum Gasteiger partial charge on any atom is 0.171 e. The van der Waals surface area contributed by atoms with Crippen LogP contribution in [0.25, 0.3) is 0 Å². The third-order valence-electron chi connectivity index (χ3n) is 4.24. The molecule has 0 amide bonds. The van der Waals surface area contributed by atoms with E-state index in [0.717, 1.165) is 22.6 Å². The van der Waals surface area contributed by atoms with Crippen molar-refractivity contribution in [1.29, 1.82) is 5.26 Å². The summed E-state index contributed by atoms with van der Waals surface area (Å²) in [6, 6.07) is 15.6. The molecule has 7 nitrogen and oxygen atoms in total. The van der Waals surface area contributed by atoms with Crippen LogP contribution in [0.5, 0.6) is 11.5 Å². The van der Waals surface area contributed by atoms with Crippen molar-refractivity contribution in [2.45, 2.75) is 17.0 Å². The number of ether oxygens (including phenoxy) is 3. The second kappa shape index (κ2) is 8.97. The van der Waals surface area contributed by atoms with E-state index in [-0.39, 0.29) is 11.1 Å². The maximum absolute atomic E-state index is 9.89. The van der Waals surface area contributed by atoms with Gasteiger partial charge in [0, 0.05) is 18.4 Å². The molecule has 3 atom stereocenters. The first kappa shape index (κ1) is 19.3. The molecular formula is C19H22N4O3S. The van der Waals surface area contributed by atoms with Crippen molar-refractivity contribution < 1.29 is 14.2 Å². The average Bonchev–Trinajstić information content (AvgIpc) is 3.17. The summed E-state index contributed by atoms with van der Waals surface area (Å²) in [5.74, 6) is 0.998. The predicted octanol–water partition coefficient (Wildman–Crippen LogP) is 2.83. The molecule has 1 heterocycles. The Labute approximate surface area is 163 Å². The molecule has 1 aliphatic rings. The lowest BCUT2D eigenvalue weighted by Crippen LogP contribution is -2.37. The van der Waals surface area contributed by atoms with Gasteiger partial charge in [0.1, 0.15) is 17.0 Å². The SMILES string of the molecule is COc1ccc(C(C#N)c2cc(OC)ccc2NC2NNC(OC)S2)cc1. The zero-order valence-electron chi connectivity index (χ0n) is 15.4. The zero-order chi connectivity index (χ0) is 19.2. The summed E-state index contributed by atoms with van der Waals surface area (Å²) >= 11 is 1.56. The van der Waals surface area contributed by atoms with E-state index in [1.54, 1.807) is 33.1 Å². The Bertz CT molecular complexity index is 810. The van der Waals surface area contributed by atoms with Crippen LogP contribution in [0, 0.1) is 11.3 Å². The molecule has 0 aliphatic carbocycles. The van der Waals surface area contributed by atoms with Crippen LogP contribution in [0.2, 0.25) is 0 Å². The Kier molecular flexibility index (Phi) is 6.42. The molecule has 3 unspecified atom stereocenters. The van der Waals surface area contributed by atoms with Gasteiger partial charge in [-0.15, -0.1) is 0 Å². The predicted molar refractivity (Wildman–Crippen MR) is 106 cm³/mol. The van der Waals surface area contributed by atoms with Crippen LogP contribution < -0.4 is 25.6 Å². The second-order valence-corrected chi connectivity index (χ2v) is 6.98. The molecule has 8 heteroatoms. The van der Waals surface area contributed by atoms with E-state index in [0.29, 0.717) is 5.75 Å². The first-order valence-corrected chi connectivity index (χ1v) is 9.30. The highest BCUT2D eigenvalue weighted by Gasteiger charge is 2.26. The van der Waals surface area contributed by atoms with Crippen LogP contribution in [-0.4, -0.2) is 32.4 Å². The van der Waals surface area contributed by atoms with Gasteiger partial charge in [0.05, 0.1) is 26.2 Å².